The van der Waals surface area contributed by atoms with Gasteiger partial charge in [-0.25, -0.2) is 4.68 Å². The number of carbonyl (C=O) groups excluding carboxylic acids is 1. The maximum absolute atomic E-state index is 12.4. The largest absolute Gasteiger partial charge is 0.485 e. The molecule has 0 fully saturated rings. The first-order valence-electron chi connectivity index (χ1n) is 9.74. The molecule has 0 spiro atoms. The number of nitrogen functional groups attached to an aromatic ring is 1. The average Bonchev–Trinajstić information content (AvgIpc) is 3.35. The summed E-state index contributed by atoms with van der Waals surface area (Å²) in [6.07, 6.45) is 0. The van der Waals surface area contributed by atoms with Crippen LogP contribution in [0.25, 0.3) is 0 Å². The third-order valence-corrected chi connectivity index (χ3v) is 6.48. The molecule has 0 radical (unpaired) electrons. The highest BCUT2D eigenvalue weighted by Crippen LogP contribution is 2.28. The molecule has 1 atom stereocenters. The van der Waals surface area contributed by atoms with Crippen molar-refractivity contribution in [1.29, 1.82) is 0 Å². The van der Waals surface area contributed by atoms with E-state index in [9.17, 15) is 4.79 Å². The van der Waals surface area contributed by atoms with Crippen molar-refractivity contribution in [2.75, 3.05) is 5.84 Å². The monoisotopic (exact) mass is 445 g/mol. The van der Waals surface area contributed by atoms with Gasteiger partial charge in [0.2, 0.25) is 11.1 Å². The molecule has 1 amide bonds. The standard InChI is InChI=1S/C21H27N5O2S2/c1-13(2)17-8-7-14(3)10-18(17)28-12-19-24-25-21(26(19)22)30-15(4)20(27)23-11-16-6-5-9-29-16/h5-10,13,15H,11-12,22H2,1-4H3,(H,23,27). The van der Waals surface area contributed by atoms with E-state index in [1.165, 1.54) is 16.4 Å². The first kappa shape index (κ1) is 22.2. The summed E-state index contributed by atoms with van der Waals surface area (Å²) < 4.78 is 7.39. The average molecular weight is 446 g/mol. The fourth-order valence-electron chi connectivity index (χ4n) is 2.81. The quantitative estimate of drug-likeness (QED) is 0.384. The Balaban J connectivity index is 1.59. The maximum Gasteiger partial charge on any atom is 0.233 e. The fraction of sp³-hybridized carbons (Fsp3) is 0.381. The highest BCUT2D eigenvalue weighted by Gasteiger charge is 2.20. The van der Waals surface area contributed by atoms with Gasteiger partial charge in [0.25, 0.3) is 0 Å². The summed E-state index contributed by atoms with van der Waals surface area (Å²) in [5.41, 5.74) is 2.26. The lowest BCUT2D eigenvalue weighted by molar-refractivity contribution is -0.120. The molecule has 1 aromatic carbocycles. The van der Waals surface area contributed by atoms with Gasteiger partial charge < -0.3 is 15.9 Å². The van der Waals surface area contributed by atoms with E-state index >= 15 is 0 Å². The second-order valence-electron chi connectivity index (χ2n) is 7.31. The molecule has 160 valence electrons. The van der Waals surface area contributed by atoms with Gasteiger partial charge in [0.15, 0.2) is 5.82 Å². The molecule has 30 heavy (non-hydrogen) atoms. The Morgan fingerprint density at radius 2 is 2.10 bits per heavy atom. The number of nitrogens with zero attached hydrogens (tertiary/aromatic N) is 3. The van der Waals surface area contributed by atoms with Crippen molar-refractivity contribution < 1.29 is 9.53 Å². The molecule has 0 bridgehead atoms. The molecule has 9 heteroatoms. The summed E-state index contributed by atoms with van der Waals surface area (Å²) in [5, 5.41) is 13.3. The number of carbonyl (C=O) groups is 1. The zero-order chi connectivity index (χ0) is 21.7. The van der Waals surface area contributed by atoms with Crippen LogP contribution in [0.4, 0.5) is 0 Å². The van der Waals surface area contributed by atoms with Gasteiger partial charge in [-0.2, -0.15) is 0 Å². The van der Waals surface area contributed by atoms with Crippen LogP contribution in [0.1, 0.15) is 48.5 Å². The predicted octanol–water partition coefficient (Wildman–Crippen LogP) is 3.86. The van der Waals surface area contributed by atoms with E-state index in [0.717, 1.165) is 21.8 Å². The molecule has 0 saturated carbocycles. The van der Waals surface area contributed by atoms with E-state index in [2.05, 4.69) is 41.5 Å². The Bertz CT molecular complexity index is 985. The second kappa shape index (κ2) is 9.99. The minimum atomic E-state index is -0.352. The molecule has 3 N–H and O–H groups in total. The van der Waals surface area contributed by atoms with Crippen LogP contribution in [0.2, 0.25) is 0 Å². The van der Waals surface area contributed by atoms with Crippen LogP contribution in [0.5, 0.6) is 5.75 Å². The number of hydrogen-bond acceptors (Lipinski definition) is 7. The molecule has 3 aromatic rings. The number of nitrogens with one attached hydrogen (secondary N) is 1. The number of rotatable bonds is 9. The van der Waals surface area contributed by atoms with Crippen LogP contribution in [-0.2, 0) is 17.9 Å². The molecule has 3 rings (SSSR count). The number of aryl methyl sites for hydroxylation is 1. The van der Waals surface area contributed by atoms with Crippen molar-refractivity contribution in [3.05, 3.63) is 57.5 Å². The number of thioether (sulfide) groups is 1. The van der Waals surface area contributed by atoms with Crippen LogP contribution >= 0.6 is 23.1 Å². The van der Waals surface area contributed by atoms with Crippen molar-refractivity contribution in [2.45, 2.75) is 57.2 Å². The number of nitrogens with two attached hydrogens (primary N) is 1. The van der Waals surface area contributed by atoms with E-state index in [-0.39, 0.29) is 17.8 Å². The second-order valence-corrected chi connectivity index (χ2v) is 9.65. The summed E-state index contributed by atoms with van der Waals surface area (Å²) in [6, 6.07) is 10.1. The van der Waals surface area contributed by atoms with Crippen LogP contribution < -0.4 is 15.9 Å². The lowest BCUT2D eigenvalue weighted by Gasteiger charge is -2.15. The number of hydrogen-bond donors (Lipinski definition) is 2. The third kappa shape index (κ3) is 5.54. The summed E-state index contributed by atoms with van der Waals surface area (Å²) in [7, 11) is 0. The Morgan fingerprint density at radius 1 is 1.30 bits per heavy atom. The van der Waals surface area contributed by atoms with E-state index < -0.39 is 0 Å². The van der Waals surface area contributed by atoms with Crippen LogP contribution in [-0.4, -0.2) is 26.0 Å². The van der Waals surface area contributed by atoms with Gasteiger partial charge in [0.1, 0.15) is 12.4 Å². The lowest BCUT2D eigenvalue weighted by atomic mass is 10.0. The summed E-state index contributed by atoms with van der Waals surface area (Å²) in [5.74, 6) is 7.75. The van der Waals surface area contributed by atoms with Gasteiger partial charge in [-0.15, -0.1) is 21.5 Å². The van der Waals surface area contributed by atoms with E-state index in [0.29, 0.717) is 23.4 Å². The smallest absolute Gasteiger partial charge is 0.233 e. The van der Waals surface area contributed by atoms with Crippen molar-refractivity contribution in [3.63, 3.8) is 0 Å². The highest BCUT2D eigenvalue weighted by atomic mass is 32.2. The molecular weight excluding hydrogens is 418 g/mol. The van der Waals surface area contributed by atoms with Gasteiger partial charge >= 0.3 is 0 Å². The van der Waals surface area contributed by atoms with E-state index in [1.807, 2.05) is 37.4 Å². The van der Waals surface area contributed by atoms with Crippen molar-refractivity contribution in [3.8, 4) is 5.75 Å². The zero-order valence-electron chi connectivity index (χ0n) is 17.6. The molecule has 0 aliphatic heterocycles. The molecule has 7 nitrogen and oxygen atoms in total. The highest BCUT2D eigenvalue weighted by molar-refractivity contribution is 8.00. The van der Waals surface area contributed by atoms with Crippen LogP contribution in [0.3, 0.4) is 0 Å². The van der Waals surface area contributed by atoms with E-state index in [4.69, 9.17) is 10.6 Å². The Kier molecular flexibility index (Phi) is 7.38. The number of amides is 1. The number of aromatic nitrogens is 3. The molecular formula is C21H27N5O2S2. The van der Waals surface area contributed by atoms with E-state index in [1.54, 1.807) is 11.3 Å². The van der Waals surface area contributed by atoms with Gasteiger partial charge in [0, 0.05) is 4.88 Å². The number of benzene rings is 1. The predicted molar refractivity (Wildman–Crippen MR) is 121 cm³/mol. The fourth-order valence-corrected chi connectivity index (χ4v) is 4.27. The van der Waals surface area contributed by atoms with Gasteiger partial charge in [0.05, 0.1) is 11.8 Å². The first-order chi connectivity index (χ1) is 14.3. The molecule has 0 aliphatic rings. The Morgan fingerprint density at radius 3 is 2.80 bits per heavy atom. The molecule has 2 aromatic heterocycles. The first-order valence-corrected chi connectivity index (χ1v) is 11.5. The molecule has 1 unspecified atom stereocenters. The molecule has 0 aliphatic carbocycles. The minimum Gasteiger partial charge on any atom is -0.485 e. The third-order valence-electron chi connectivity index (χ3n) is 4.55. The van der Waals surface area contributed by atoms with Gasteiger partial charge in [-0.05, 0) is 48.4 Å². The van der Waals surface area contributed by atoms with Gasteiger partial charge in [-0.1, -0.05) is 43.8 Å². The topological polar surface area (TPSA) is 95.1 Å². The summed E-state index contributed by atoms with van der Waals surface area (Å²) in [4.78, 5) is 13.5. The van der Waals surface area contributed by atoms with Crippen LogP contribution in [0, 0.1) is 6.92 Å². The Hall–Kier alpha value is -2.52. The van der Waals surface area contributed by atoms with Gasteiger partial charge in [-0.3, -0.25) is 4.79 Å². The van der Waals surface area contributed by atoms with Crippen LogP contribution in [0.15, 0.2) is 40.9 Å². The normalized spacial score (nSPS) is 12.2. The zero-order valence-corrected chi connectivity index (χ0v) is 19.2. The van der Waals surface area contributed by atoms with Crippen molar-refractivity contribution >= 4 is 29.0 Å². The minimum absolute atomic E-state index is 0.0736. The summed E-state index contributed by atoms with van der Waals surface area (Å²) >= 11 is 2.88. The SMILES string of the molecule is Cc1ccc(C(C)C)c(OCc2nnc(SC(C)C(=O)NCc3cccs3)n2N)c1. The van der Waals surface area contributed by atoms with Crippen molar-refractivity contribution in [2.24, 2.45) is 0 Å². The number of thiophene rings is 1. The number of ether oxygens (including phenoxy) is 1. The van der Waals surface area contributed by atoms with Crippen molar-refractivity contribution in [1.82, 2.24) is 20.2 Å². The lowest BCUT2D eigenvalue weighted by Crippen LogP contribution is -2.30. The maximum atomic E-state index is 12.4. The summed E-state index contributed by atoms with van der Waals surface area (Å²) in [6.45, 7) is 8.82. The molecule has 2 heterocycles. The molecule has 0 saturated heterocycles. The Labute approximate surface area is 185 Å².